The minimum Gasteiger partial charge on any atom is -0.370 e. The topological polar surface area (TPSA) is 57.2 Å². The van der Waals surface area contributed by atoms with E-state index < -0.39 is 0 Å². The Kier molecular flexibility index (Phi) is 5.61. The molecule has 1 aliphatic rings. The van der Waals surface area contributed by atoms with E-state index in [1.807, 2.05) is 42.6 Å². The van der Waals surface area contributed by atoms with Crippen LogP contribution >= 0.6 is 0 Å². The van der Waals surface area contributed by atoms with Crippen LogP contribution < -0.4 is 15.1 Å². The van der Waals surface area contributed by atoms with Crippen LogP contribution in [0.25, 0.3) is 0 Å². The van der Waals surface area contributed by atoms with E-state index in [4.69, 9.17) is 0 Å². The van der Waals surface area contributed by atoms with Crippen molar-refractivity contribution in [3.05, 3.63) is 72.4 Å². The van der Waals surface area contributed by atoms with Crippen LogP contribution in [0.4, 0.5) is 21.8 Å². The molecule has 1 aromatic carbocycles. The first-order valence-corrected chi connectivity index (χ1v) is 9.49. The first kappa shape index (κ1) is 18.2. The van der Waals surface area contributed by atoms with Gasteiger partial charge in [-0.05, 0) is 36.2 Å². The number of rotatable bonds is 6. The van der Waals surface area contributed by atoms with Gasteiger partial charge in [0.2, 0.25) is 0 Å². The molecule has 1 aliphatic heterocycles. The molecule has 1 fully saturated rings. The molecule has 0 bridgehead atoms. The first-order valence-electron chi connectivity index (χ1n) is 9.49. The van der Waals surface area contributed by atoms with Crippen molar-refractivity contribution in [3.8, 4) is 0 Å². The van der Waals surface area contributed by atoms with Gasteiger partial charge >= 0.3 is 0 Å². The molecule has 0 aliphatic carbocycles. The lowest BCUT2D eigenvalue weighted by Crippen LogP contribution is -2.47. The van der Waals surface area contributed by atoms with E-state index in [9.17, 15) is 4.39 Å². The molecule has 7 heteroatoms. The molecule has 0 spiro atoms. The Bertz CT molecular complexity index is 879. The number of piperazine rings is 1. The van der Waals surface area contributed by atoms with Gasteiger partial charge in [-0.2, -0.15) is 0 Å². The van der Waals surface area contributed by atoms with Gasteiger partial charge < -0.3 is 15.1 Å². The largest absolute Gasteiger partial charge is 0.370 e. The van der Waals surface area contributed by atoms with Gasteiger partial charge in [0.1, 0.15) is 29.6 Å². The van der Waals surface area contributed by atoms with Gasteiger partial charge in [-0.1, -0.05) is 18.2 Å². The highest BCUT2D eigenvalue weighted by atomic mass is 19.1. The van der Waals surface area contributed by atoms with E-state index in [0.29, 0.717) is 0 Å². The molecular weight excluding hydrogens is 355 g/mol. The second kappa shape index (κ2) is 8.65. The molecule has 0 unspecified atom stereocenters. The molecule has 2 aromatic heterocycles. The van der Waals surface area contributed by atoms with Crippen molar-refractivity contribution < 1.29 is 4.39 Å². The fraction of sp³-hybridized carbons (Fsp3) is 0.286. The lowest BCUT2D eigenvalue weighted by Gasteiger charge is -2.36. The van der Waals surface area contributed by atoms with Gasteiger partial charge in [0, 0.05) is 45.0 Å². The number of halogens is 1. The molecule has 6 nitrogen and oxygen atoms in total. The van der Waals surface area contributed by atoms with Gasteiger partial charge in [-0.25, -0.2) is 19.3 Å². The molecule has 3 heterocycles. The van der Waals surface area contributed by atoms with Crippen LogP contribution in [-0.4, -0.2) is 47.7 Å². The summed E-state index contributed by atoms with van der Waals surface area (Å²) >= 11 is 0. The third-order valence-corrected chi connectivity index (χ3v) is 4.86. The molecule has 0 amide bonds. The average molecular weight is 378 g/mol. The van der Waals surface area contributed by atoms with Crippen molar-refractivity contribution in [1.82, 2.24) is 15.0 Å². The highest BCUT2D eigenvalue weighted by molar-refractivity contribution is 5.50. The van der Waals surface area contributed by atoms with E-state index in [0.717, 1.165) is 62.2 Å². The molecule has 4 rings (SSSR count). The Morgan fingerprint density at radius 1 is 0.857 bits per heavy atom. The second-order valence-electron chi connectivity index (χ2n) is 6.73. The van der Waals surface area contributed by atoms with Crippen LogP contribution in [0.5, 0.6) is 0 Å². The number of benzene rings is 1. The first-order chi connectivity index (χ1) is 13.8. The van der Waals surface area contributed by atoms with Crippen LogP contribution in [0, 0.1) is 5.82 Å². The smallest absolute Gasteiger partial charge is 0.134 e. The van der Waals surface area contributed by atoms with Crippen LogP contribution in [0.2, 0.25) is 0 Å². The summed E-state index contributed by atoms with van der Waals surface area (Å²) in [6.07, 6.45) is 4.24. The lowest BCUT2D eigenvalue weighted by molar-refractivity contribution is 0.627. The fourth-order valence-electron chi connectivity index (χ4n) is 3.31. The Hall–Kier alpha value is -3.22. The zero-order valence-corrected chi connectivity index (χ0v) is 15.6. The fourth-order valence-corrected chi connectivity index (χ4v) is 3.31. The van der Waals surface area contributed by atoms with Crippen LogP contribution in [0.15, 0.2) is 61.1 Å². The molecule has 1 N–H and O–H groups in total. The van der Waals surface area contributed by atoms with Crippen molar-refractivity contribution >= 4 is 17.5 Å². The maximum absolute atomic E-state index is 13.0. The van der Waals surface area contributed by atoms with Crippen LogP contribution in [0.3, 0.4) is 0 Å². The summed E-state index contributed by atoms with van der Waals surface area (Å²) in [6.45, 7) is 4.34. The Morgan fingerprint density at radius 2 is 1.61 bits per heavy atom. The van der Waals surface area contributed by atoms with E-state index in [1.165, 1.54) is 12.1 Å². The highest BCUT2D eigenvalue weighted by Crippen LogP contribution is 2.19. The SMILES string of the molecule is Fc1ccc(CCNc2cc(N3CCN(c4ccccn4)CC3)ncn2)cc1. The third-order valence-electron chi connectivity index (χ3n) is 4.86. The minimum absolute atomic E-state index is 0.208. The van der Waals surface area contributed by atoms with Gasteiger partial charge in [-0.3, -0.25) is 0 Å². The predicted octanol–water partition coefficient (Wildman–Crippen LogP) is 2.99. The molecule has 28 heavy (non-hydrogen) atoms. The monoisotopic (exact) mass is 378 g/mol. The lowest BCUT2D eigenvalue weighted by atomic mass is 10.1. The van der Waals surface area contributed by atoms with Crippen LogP contribution in [-0.2, 0) is 6.42 Å². The number of nitrogens with one attached hydrogen (secondary N) is 1. The second-order valence-corrected chi connectivity index (χ2v) is 6.73. The summed E-state index contributed by atoms with van der Waals surface area (Å²) in [4.78, 5) is 17.7. The summed E-state index contributed by atoms with van der Waals surface area (Å²) < 4.78 is 13.0. The standard InChI is InChI=1S/C21H23FN6/c22-18-6-4-17(5-7-18)8-10-23-19-15-21(26-16-25-19)28-13-11-27(12-14-28)20-3-1-2-9-24-20/h1-7,9,15-16H,8,10-14H2,(H,23,25,26). The number of hydrogen-bond donors (Lipinski definition) is 1. The summed E-state index contributed by atoms with van der Waals surface area (Å²) in [7, 11) is 0. The quantitative estimate of drug-likeness (QED) is 0.712. The summed E-state index contributed by atoms with van der Waals surface area (Å²) in [5, 5.41) is 3.33. The van der Waals surface area contributed by atoms with Crippen molar-refractivity contribution in [2.75, 3.05) is 47.8 Å². The molecule has 1 saturated heterocycles. The molecule has 3 aromatic rings. The molecule has 0 radical (unpaired) electrons. The number of nitrogens with zero attached hydrogens (tertiary/aromatic N) is 5. The van der Waals surface area contributed by atoms with Crippen molar-refractivity contribution in [1.29, 1.82) is 0 Å². The van der Waals surface area contributed by atoms with Gasteiger partial charge in [0.05, 0.1) is 0 Å². The number of hydrogen-bond acceptors (Lipinski definition) is 6. The molecule has 0 atom stereocenters. The summed E-state index contributed by atoms with van der Waals surface area (Å²) in [5.41, 5.74) is 1.09. The normalized spacial score (nSPS) is 14.2. The minimum atomic E-state index is -0.208. The van der Waals surface area contributed by atoms with Crippen molar-refractivity contribution in [3.63, 3.8) is 0 Å². The number of anilines is 3. The Morgan fingerprint density at radius 3 is 2.32 bits per heavy atom. The Labute approximate surface area is 164 Å². The molecule has 144 valence electrons. The zero-order valence-electron chi connectivity index (χ0n) is 15.6. The predicted molar refractivity (Wildman–Crippen MR) is 109 cm³/mol. The van der Waals surface area contributed by atoms with Gasteiger partial charge in [0.15, 0.2) is 0 Å². The van der Waals surface area contributed by atoms with Gasteiger partial charge in [-0.15, -0.1) is 0 Å². The zero-order chi connectivity index (χ0) is 19.2. The third kappa shape index (κ3) is 4.54. The summed E-state index contributed by atoms with van der Waals surface area (Å²) in [5.74, 6) is 2.55. The highest BCUT2D eigenvalue weighted by Gasteiger charge is 2.19. The number of pyridine rings is 1. The van der Waals surface area contributed by atoms with E-state index in [-0.39, 0.29) is 5.82 Å². The average Bonchev–Trinajstić information content (AvgIpc) is 2.76. The molecular formula is C21H23FN6. The van der Waals surface area contributed by atoms with E-state index in [1.54, 1.807) is 6.33 Å². The number of aromatic nitrogens is 3. The van der Waals surface area contributed by atoms with E-state index >= 15 is 0 Å². The van der Waals surface area contributed by atoms with Crippen molar-refractivity contribution in [2.45, 2.75) is 6.42 Å². The maximum atomic E-state index is 13.0. The van der Waals surface area contributed by atoms with Crippen molar-refractivity contribution in [2.24, 2.45) is 0 Å². The van der Waals surface area contributed by atoms with Crippen LogP contribution in [0.1, 0.15) is 5.56 Å². The van der Waals surface area contributed by atoms with Gasteiger partial charge in [0.25, 0.3) is 0 Å². The maximum Gasteiger partial charge on any atom is 0.134 e. The summed E-state index contributed by atoms with van der Waals surface area (Å²) in [6, 6.07) is 14.6. The Balaban J connectivity index is 1.31. The van der Waals surface area contributed by atoms with E-state index in [2.05, 4.69) is 30.1 Å². The molecule has 0 saturated carbocycles.